The van der Waals surface area contributed by atoms with Crippen LogP contribution in [0.3, 0.4) is 0 Å². The van der Waals surface area contributed by atoms with Crippen molar-refractivity contribution in [2.75, 3.05) is 11.4 Å². The molecule has 4 heterocycles. The lowest BCUT2D eigenvalue weighted by Crippen LogP contribution is -2.37. The summed E-state index contributed by atoms with van der Waals surface area (Å²) in [6.45, 7) is 6.63. The van der Waals surface area contributed by atoms with E-state index in [0.717, 1.165) is 30.8 Å². The smallest absolute Gasteiger partial charge is 0.453 e. The number of piperidine rings is 1. The first-order valence-electron chi connectivity index (χ1n) is 9.43. The third-order valence-electron chi connectivity index (χ3n) is 5.19. The summed E-state index contributed by atoms with van der Waals surface area (Å²) >= 11 is 0. The summed E-state index contributed by atoms with van der Waals surface area (Å²) in [5.41, 5.74) is 0.592. The topological polar surface area (TPSA) is 59.5 Å². The fourth-order valence-electron chi connectivity index (χ4n) is 3.74. The second kappa shape index (κ2) is 6.79. The van der Waals surface area contributed by atoms with Crippen LogP contribution in [-0.4, -0.2) is 26.1 Å². The average Bonchev–Trinajstić information content (AvgIpc) is 3.27. The summed E-state index contributed by atoms with van der Waals surface area (Å²) in [4.78, 5) is 9.80. The molecule has 2 atom stereocenters. The van der Waals surface area contributed by atoms with E-state index in [1.54, 1.807) is 13.0 Å². The number of hydrogen-bond acceptors (Lipinski definition) is 5. The maximum absolute atomic E-state index is 13.1. The Morgan fingerprint density at radius 3 is 2.71 bits per heavy atom. The van der Waals surface area contributed by atoms with Gasteiger partial charge in [0.25, 0.3) is 11.6 Å². The molecule has 150 valence electrons. The molecule has 1 saturated heterocycles. The monoisotopic (exact) mass is 393 g/mol. The van der Waals surface area contributed by atoms with E-state index in [1.807, 2.05) is 19.1 Å². The fraction of sp³-hybridized carbons (Fsp3) is 0.526. The number of halogens is 3. The average molecular weight is 393 g/mol. The zero-order chi connectivity index (χ0) is 20.1. The van der Waals surface area contributed by atoms with Crippen molar-refractivity contribution in [2.45, 2.75) is 52.3 Å². The summed E-state index contributed by atoms with van der Waals surface area (Å²) in [7, 11) is 0. The summed E-state index contributed by atoms with van der Waals surface area (Å²) in [6.07, 6.45) is -2.05. The Bertz CT molecular complexity index is 993. The van der Waals surface area contributed by atoms with E-state index < -0.39 is 12.0 Å². The van der Waals surface area contributed by atoms with Crippen LogP contribution >= 0.6 is 0 Å². The van der Waals surface area contributed by atoms with Gasteiger partial charge in [-0.25, -0.2) is 4.98 Å². The Hall–Kier alpha value is -2.58. The molecular formula is C19H22F3N5O. The van der Waals surface area contributed by atoms with Gasteiger partial charge in [-0.1, -0.05) is 13.8 Å². The van der Waals surface area contributed by atoms with Crippen LogP contribution in [0.2, 0.25) is 0 Å². The zero-order valence-electron chi connectivity index (χ0n) is 16.0. The van der Waals surface area contributed by atoms with Gasteiger partial charge in [-0.3, -0.25) is 0 Å². The van der Waals surface area contributed by atoms with Crippen LogP contribution in [0.25, 0.3) is 5.78 Å². The largest absolute Gasteiger partial charge is 0.464 e. The minimum Gasteiger partial charge on any atom is -0.464 e. The van der Waals surface area contributed by atoms with Gasteiger partial charge in [0.1, 0.15) is 17.3 Å². The molecule has 0 aliphatic carbocycles. The first-order chi connectivity index (χ1) is 13.3. The lowest BCUT2D eigenvalue weighted by molar-refractivity contribution is -0.144. The van der Waals surface area contributed by atoms with Crippen LogP contribution in [0.1, 0.15) is 55.8 Å². The highest BCUT2D eigenvalue weighted by Crippen LogP contribution is 2.38. The molecule has 0 aromatic carbocycles. The third-order valence-corrected chi connectivity index (χ3v) is 5.19. The van der Waals surface area contributed by atoms with Crippen molar-refractivity contribution in [2.24, 2.45) is 5.92 Å². The molecule has 1 aliphatic rings. The van der Waals surface area contributed by atoms with Crippen molar-refractivity contribution in [1.82, 2.24) is 19.6 Å². The molecule has 0 saturated carbocycles. The van der Waals surface area contributed by atoms with Gasteiger partial charge in [0.2, 0.25) is 0 Å². The molecule has 0 unspecified atom stereocenters. The molecule has 0 bridgehead atoms. The van der Waals surface area contributed by atoms with E-state index in [4.69, 9.17) is 4.42 Å². The van der Waals surface area contributed by atoms with E-state index in [1.165, 1.54) is 4.52 Å². The van der Waals surface area contributed by atoms with Gasteiger partial charge in [0.15, 0.2) is 0 Å². The minimum atomic E-state index is -4.62. The third kappa shape index (κ3) is 3.33. The number of rotatable bonds is 3. The molecule has 3 aromatic heterocycles. The number of fused-ring (bicyclic) bond motifs is 1. The summed E-state index contributed by atoms with van der Waals surface area (Å²) in [5, 5.41) is 3.71. The van der Waals surface area contributed by atoms with Crippen molar-refractivity contribution in [1.29, 1.82) is 0 Å². The second-order valence-corrected chi connectivity index (χ2v) is 7.40. The molecule has 0 amide bonds. The Morgan fingerprint density at radius 2 is 2.04 bits per heavy atom. The van der Waals surface area contributed by atoms with E-state index in [2.05, 4.69) is 26.9 Å². The molecule has 0 spiro atoms. The highest BCUT2D eigenvalue weighted by atomic mass is 19.4. The number of anilines is 1. The predicted octanol–water partition coefficient (Wildman–Crippen LogP) is 4.58. The minimum absolute atomic E-state index is 0.0478. The molecule has 28 heavy (non-hydrogen) atoms. The predicted molar refractivity (Wildman–Crippen MR) is 97.1 cm³/mol. The molecule has 0 N–H and O–H groups in total. The molecule has 9 heteroatoms. The van der Waals surface area contributed by atoms with Crippen LogP contribution in [-0.2, 0) is 12.6 Å². The molecule has 6 nitrogen and oxygen atoms in total. The first kappa shape index (κ1) is 18.8. The summed E-state index contributed by atoms with van der Waals surface area (Å²) in [5.74, 6) is 1.52. The Morgan fingerprint density at radius 1 is 1.25 bits per heavy atom. The van der Waals surface area contributed by atoms with E-state index >= 15 is 0 Å². The molecule has 1 fully saturated rings. The number of nitrogens with zero attached hydrogens (tertiary/aromatic N) is 5. The lowest BCUT2D eigenvalue weighted by atomic mass is 9.91. The van der Waals surface area contributed by atoms with E-state index in [9.17, 15) is 13.2 Å². The maximum Gasteiger partial charge on any atom is 0.453 e. The zero-order valence-corrected chi connectivity index (χ0v) is 16.0. The molecule has 3 aromatic rings. The number of hydrogen-bond donors (Lipinski definition) is 0. The fourth-order valence-corrected chi connectivity index (χ4v) is 3.74. The highest BCUT2D eigenvalue weighted by molar-refractivity contribution is 5.50. The van der Waals surface area contributed by atoms with Crippen LogP contribution < -0.4 is 4.90 Å². The number of alkyl halides is 3. The number of aromatic nitrogens is 4. The van der Waals surface area contributed by atoms with Crippen molar-refractivity contribution in [3.63, 3.8) is 0 Å². The maximum atomic E-state index is 13.1. The number of aryl methyl sites for hydroxylation is 2. The van der Waals surface area contributed by atoms with Crippen molar-refractivity contribution < 1.29 is 17.6 Å². The SMILES string of the molecule is CCc1ccc([C@@H]2C[C@H](C)CCN2c2cc(C)nc3nc(C(F)(F)F)nn23)o1. The molecule has 1 aliphatic heterocycles. The van der Waals surface area contributed by atoms with Crippen molar-refractivity contribution in [3.05, 3.63) is 41.2 Å². The van der Waals surface area contributed by atoms with Gasteiger partial charge >= 0.3 is 6.18 Å². The Labute approximate surface area is 160 Å². The second-order valence-electron chi connectivity index (χ2n) is 7.40. The quantitative estimate of drug-likeness (QED) is 0.652. The van der Waals surface area contributed by atoms with Crippen LogP contribution in [0.5, 0.6) is 0 Å². The van der Waals surface area contributed by atoms with Crippen LogP contribution in [0, 0.1) is 12.8 Å². The Balaban J connectivity index is 1.82. The van der Waals surface area contributed by atoms with Gasteiger partial charge in [-0.15, -0.1) is 5.10 Å². The molecule has 4 rings (SSSR count). The normalized spacial score (nSPS) is 20.9. The van der Waals surface area contributed by atoms with Crippen molar-refractivity contribution in [3.8, 4) is 0 Å². The van der Waals surface area contributed by atoms with Crippen LogP contribution in [0.4, 0.5) is 19.0 Å². The summed E-state index contributed by atoms with van der Waals surface area (Å²) in [6, 6.07) is 5.60. The molecule has 0 radical (unpaired) electrons. The lowest BCUT2D eigenvalue weighted by Gasteiger charge is -2.38. The van der Waals surface area contributed by atoms with Gasteiger partial charge in [-0.05, 0) is 37.8 Å². The van der Waals surface area contributed by atoms with Gasteiger partial charge in [0.05, 0.1) is 6.04 Å². The highest BCUT2D eigenvalue weighted by Gasteiger charge is 2.38. The Kier molecular flexibility index (Phi) is 4.55. The standard InChI is InChI=1S/C19H22F3N5O/c1-4-13-5-6-15(28-13)14-9-11(2)7-8-26(14)16-10-12(3)23-18-24-17(19(20,21)22)25-27(16)18/h5-6,10-11,14H,4,7-9H2,1-3H3/t11-,14+/m1/s1. The van der Waals surface area contributed by atoms with Crippen molar-refractivity contribution >= 4 is 11.6 Å². The van der Waals surface area contributed by atoms with Gasteiger partial charge in [-0.2, -0.15) is 22.7 Å². The van der Waals surface area contributed by atoms with E-state index in [0.29, 0.717) is 24.0 Å². The first-order valence-corrected chi connectivity index (χ1v) is 9.43. The van der Waals surface area contributed by atoms with Crippen LogP contribution in [0.15, 0.2) is 22.6 Å². The summed E-state index contributed by atoms with van der Waals surface area (Å²) < 4.78 is 46.6. The molecular weight excluding hydrogens is 371 g/mol. The van der Waals surface area contributed by atoms with Gasteiger partial charge in [0, 0.05) is 24.7 Å². The van der Waals surface area contributed by atoms with E-state index in [-0.39, 0.29) is 11.8 Å². The van der Waals surface area contributed by atoms with Gasteiger partial charge < -0.3 is 9.32 Å². The number of furan rings is 1.